The first-order valence-electron chi connectivity index (χ1n) is 12.7. The van der Waals surface area contributed by atoms with Crippen LogP contribution in [0.15, 0.2) is 53.6 Å². The minimum atomic E-state index is -0.317. The average molecular weight is 478 g/mol. The van der Waals surface area contributed by atoms with E-state index in [-0.39, 0.29) is 11.7 Å². The fourth-order valence-corrected chi connectivity index (χ4v) is 6.41. The quantitative estimate of drug-likeness (QED) is 0.283. The summed E-state index contributed by atoms with van der Waals surface area (Å²) in [7, 11) is 0. The maximum absolute atomic E-state index is 14.1. The van der Waals surface area contributed by atoms with Gasteiger partial charge in [0.25, 0.3) is 0 Å². The lowest BCUT2D eigenvalue weighted by Crippen LogP contribution is -2.49. The third-order valence-electron chi connectivity index (χ3n) is 7.21. The molecule has 2 saturated carbocycles. The zero-order valence-electron chi connectivity index (χ0n) is 19.6. The van der Waals surface area contributed by atoms with Crippen LogP contribution >= 0.6 is 11.8 Å². The van der Waals surface area contributed by atoms with Crippen molar-refractivity contribution >= 4 is 28.6 Å². The number of carbonyl (C=O) groups excluding carboxylic acids is 1. The van der Waals surface area contributed by atoms with E-state index in [9.17, 15) is 9.18 Å². The minimum absolute atomic E-state index is 0.202. The SMILES string of the molecule is O=C(CSc1nc(-c2ccccc2)nc2ccc(F)cc12)N(C1CCCCC1)C1CCCCC1. The molecule has 4 nitrogen and oxygen atoms in total. The van der Waals surface area contributed by atoms with Crippen molar-refractivity contribution in [1.82, 2.24) is 14.9 Å². The molecule has 0 aliphatic heterocycles. The minimum Gasteiger partial charge on any atom is -0.336 e. The summed E-state index contributed by atoms with van der Waals surface area (Å²) in [5.41, 5.74) is 1.61. The Morgan fingerprint density at radius 1 is 0.882 bits per heavy atom. The predicted molar refractivity (Wildman–Crippen MR) is 136 cm³/mol. The zero-order chi connectivity index (χ0) is 23.3. The summed E-state index contributed by atoms with van der Waals surface area (Å²) in [5, 5.41) is 1.34. The smallest absolute Gasteiger partial charge is 0.233 e. The summed E-state index contributed by atoms with van der Waals surface area (Å²) in [6.07, 6.45) is 11.9. The normalized spacial score (nSPS) is 17.7. The van der Waals surface area contributed by atoms with Crippen LogP contribution in [0.3, 0.4) is 0 Å². The van der Waals surface area contributed by atoms with E-state index in [0.29, 0.717) is 39.6 Å². The Balaban J connectivity index is 1.42. The third-order valence-corrected chi connectivity index (χ3v) is 8.19. The van der Waals surface area contributed by atoms with E-state index in [1.807, 2.05) is 30.3 Å². The maximum atomic E-state index is 14.1. The van der Waals surface area contributed by atoms with Crippen LogP contribution in [0.1, 0.15) is 64.2 Å². The number of nitrogens with zero attached hydrogens (tertiary/aromatic N) is 3. The van der Waals surface area contributed by atoms with Crippen molar-refractivity contribution in [3.8, 4) is 11.4 Å². The number of fused-ring (bicyclic) bond motifs is 1. The van der Waals surface area contributed by atoms with E-state index in [2.05, 4.69) is 9.88 Å². The second-order valence-corrected chi connectivity index (χ2v) is 10.5. The maximum Gasteiger partial charge on any atom is 0.233 e. The summed E-state index contributed by atoms with van der Waals surface area (Å²) < 4.78 is 14.1. The lowest BCUT2D eigenvalue weighted by atomic mass is 9.88. The van der Waals surface area contributed by atoms with E-state index in [1.165, 1.54) is 62.4 Å². The van der Waals surface area contributed by atoms with E-state index < -0.39 is 0 Å². The summed E-state index contributed by atoms with van der Waals surface area (Å²) in [5.74, 6) is 0.811. The number of thioether (sulfide) groups is 1. The molecule has 5 rings (SSSR count). The van der Waals surface area contributed by atoms with Crippen LogP contribution in [0.25, 0.3) is 22.3 Å². The summed E-state index contributed by atoms with van der Waals surface area (Å²) >= 11 is 1.42. The fourth-order valence-electron chi connectivity index (χ4n) is 5.53. The van der Waals surface area contributed by atoms with Crippen molar-refractivity contribution in [2.75, 3.05) is 5.75 Å². The lowest BCUT2D eigenvalue weighted by Gasteiger charge is -2.41. The van der Waals surface area contributed by atoms with Gasteiger partial charge in [0.15, 0.2) is 5.82 Å². The Bertz CT molecular complexity index is 1110. The number of benzene rings is 2. The molecule has 0 N–H and O–H groups in total. The number of amides is 1. The van der Waals surface area contributed by atoms with Gasteiger partial charge in [-0.1, -0.05) is 80.6 Å². The molecule has 1 aromatic heterocycles. The van der Waals surface area contributed by atoms with Gasteiger partial charge in [-0.15, -0.1) is 0 Å². The molecule has 0 spiro atoms. The number of rotatable bonds is 6. The van der Waals surface area contributed by atoms with E-state index >= 15 is 0 Å². The van der Waals surface area contributed by atoms with Gasteiger partial charge in [-0.25, -0.2) is 14.4 Å². The largest absolute Gasteiger partial charge is 0.336 e. The first-order chi connectivity index (χ1) is 16.7. The molecule has 0 saturated heterocycles. The number of carbonyl (C=O) groups is 1. The van der Waals surface area contributed by atoms with Crippen LogP contribution in [-0.2, 0) is 4.79 Å². The second kappa shape index (κ2) is 10.9. The van der Waals surface area contributed by atoms with E-state index in [4.69, 9.17) is 4.98 Å². The van der Waals surface area contributed by atoms with Crippen LogP contribution < -0.4 is 0 Å². The highest BCUT2D eigenvalue weighted by atomic mass is 32.2. The second-order valence-electron chi connectivity index (χ2n) is 9.55. The van der Waals surface area contributed by atoms with Crippen molar-refractivity contribution in [3.05, 3.63) is 54.3 Å². The molecular formula is C28H32FN3OS. The highest BCUT2D eigenvalue weighted by Crippen LogP contribution is 2.33. The summed E-state index contributed by atoms with van der Waals surface area (Å²) in [6, 6.07) is 15.1. The number of aromatic nitrogens is 2. The van der Waals surface area contributed by atoms with Gasteiger partial charge in [0.05, 0.1) is 11.3 Å². The molecule has 1 heterocycles. The van der Waals surface area contributed by atoms with Crippen molar-refractivity contribution in [1.29, 1.82) is 0 Å². The molecule has 0 bridgehead atoms. The Kier molecular flexibility index (Phi) is 7.43. The van der Waals surface area contributed by atoms with Crippen molar-refractivity contribution in [2.45, 2.75) is 81.3 Å². The Labute approximate surface area is 205 Å². The molecule has 2 aliphatic rings. The standard InChI is InChI=1S/C28H32FN3OS/c29-21-16-17-25-24(18-21)28(31-27(30-25)20-10-4-1-5-11-20)34-19-26(33)32(22-12-6-2-7-13-22)23-14-8-3-9-15-23/h1,4-5,10-11,16-18,22-23H,2-3,6-9,12-15,19H2. The van der Waals surface area contributed by atoms with Crippen molar-refractivity contribution in [2.24, 2.45) is 0 Å². The summed E-state index contributed by atoms with van der Waals surface area (Å²) in [4.78, 5) is 25.4. The van der Waals surface area contributed by atoms with Gasteiger partial charge in [0, 0.05) is 23.0 Å². The topological polar surface area (TPSA) is 46.1 Å². The Morgan fingerprint density at radius 3 is 2.18 bits per heavy atom. The molecule has 34 heavy (non-hydrogen) atoms. The number of hydrogen-bond donors (Lipinski definition) is 0. The van der Waals surface area contributed by atoms with E-state index in [0.717, 1.165) is 31.2 Å². The molecule has 1 amide bonds. The first-order valence-corrected chi connectivity index (χ1v) is 13.6. The molecule has 3 aromatic rings. The lowest BCUT2D eigenvalue weighted by molar-refractivity contribution is -0.135. The fraction of sp³-hybridized carbons (Fsp3) is 0.464. The number of hydrogen-bond acceptors (Lipinski definition) is 4. The predicted octanol–water partition coefficient (Wildman–Crippen LogP) is 7.02. The highest BCUT2D eigenvalue weighted by Gasteiger charge is 2.32. The van der Waals surface area contributed by atoms with Gasteiger partial charge >= 0.3 is 0 Å². The van der Waals surface area contributed by atoms with Crippen LogP contribution in [-0.4, -0.2) is 38.6 Å². The molecule has 2 aromatic carbocycles. The van der Waals surface area contributed by atoms with Crippen molar-refractivity contribution < 1.29 is 9.18 Å². The monoisotopic (exact) mass is 477 g/mol. The highest BCUT2D eigenvalue weighted by molar-refractivity contribution is 8.00. The summed E-state index contributed by atoms with van der Waals surface area (Å²) in [6.45, 7) is 0. The molecule has 178 valence electrons. The molecule has 0 atom stereocenters. The molecule has 2 aliphatic carbocycles. The first kappa shape index (κ1) is 23.3. The van der Waals surface area contributed by atoms with Gasteiger partial charge in [-0.2, -0.15) is 0 Å². The van der Waals surface area contributed by atoms with E-state index in [1.54, 1.807) is 6.07 Å². The molecule has 0 unspecified atom stereocenters. The Hall–Kier alpha value is -2.47. The molecule has 6 heteroatoms. The van der Waals surface area contributed by atoms with Gasteiger partial charge in [-0.05, 0) is 43.9 Å². The van der Waals surface area contributed by atoms with Gasteiger partial charge < -0.3 is 4.90 Å². The Morgan fingerprint density at radius 2 is 1.53 bits per heavy atom. The molecule has 0 radical (unpaired) electrons. The zero-order valence-corrected chi connectivity index (χ0v) is 20.4. The van der Waals surface area contributed by atoms with Crippen LogP contribution in [0, 0.1) is 5.82 Å². The molecule has 2 fully saturated rings. The van der Waals surface area contributed by atoms with Gasteiger partial charge in [0.1, 0.15) is 10.8 Å². The van der Waals surface area contributed by atoms with Gasteiger partial charge in [0.2, 0.25) is 5.91 Å². The third kappa shape index (κ3) is 5.27. The number of halogens is 1. The average Bonchev–Trinajstić information content (AvgIpc) is 2.89. The van der Waals surface area contributed by atoms with Crippen LogP contribution in [0.4, 0.5) is 4.39 Å². The van der Waals surface area contributed by atoms with Crippen LogP contribution in [0.2, 0.25) is 0 Å². The van der Waals surface area contributed by atoms with Crippen molar-refractivity contribution in [3.63, 3.8) is 0 Å². The van der Waals surface area contributed by atoms with Gasteiger partial charge in [-0.3, -0.25) is 4.79 Å². The molecular weight excluding hydrogens is 445 g/mol. The van der Waals surface area contributed by atoms with Crippen LogP contribution in [0.5, 0.6) is 0 Å².